The first kappa shape index (κ1) is 8.10. The summed E-state index contributed by atoms with van der Waals surface area (Å²) < 4.78 is 4.59. The van der Waals surface area contributed by atoms with Gasteiger partial charge in [-0.1, -0.05) is 5.16 Å². The zero-order valence-electron chi connectivity index (χ0n) is 7.33. The number of hydrogen-bond acceptors (Lipinski definition) is 4. The molecular weight excluding hydrogens is 170 g/mol. The summed E-state index contributed by atoms with van der Waals surface area (Å²) in [6, 6.07) is 1.42. The van der Waals surface area contributed by atoms with Crippen molar-refractivity contribution in [2.45, 2.75) is 25.3 Å². The topological polar surface area (TPSA) is 81.2 Å². The summed E-state index contributed by atoms with van der Waals surface area (Å²) >= 11 is 0. The molecule has 1 saturated carbocycles. The van der Waals surface area contributed by atoms with Crippen LogP contribution in [0.1, 0.15) is 30.3 Å². The van der Waals surface area contributed by atoms with Crippen LogP contribution < -0.4 is 11.1 Å². The molecule has 0 aliphatic heterocycles. The molecule has 0 saturated heterocycles. The van der Waals surface area contributed by atoms with Crippen molar-refractivity contribution in [3.8, 4) is 0 Å². The molecule has 70 valence electrons. The van der Waals surface area contributed by atoms with Crippen molar-refractivity contribution in [3.63, 3.8) is 0 Å². The van der Waals surface area contributed by atoms with Gasteiger partial charge in [0.05, 0.1) is 0 Å². The van der Waals surface area contributed by atoms with Crippen molar-refractivity contribution in [2.24, 2.45) is 0 Å². The third-order valence-electron chi connectivity index (χ3n) is 2.18. The average molecular weight is 181 g/mol. The van der Waals surface area contributed by atoms with Gasteiger partial charge in [-0.05, 0) is 19.8 Å². The van der Waals surface area contributed by atoms with Crippen LogP contribution in [-0.2, 0) is 0 Å². The van der Waals surface area contributed by atoms with E-state index in [1.807, 2.05) is 6.92 Å². The second kappa shape index (κ2) is 2.48. The Bertz CT molecular complexity index is 341. The second-order valence-corrected chi connectivity index (χ2v) is 3.63. The smallest absolute Gasteiger partial charge is 0.273 e. The number of aromatic nitrogens is 1. The van der Waals surface area contributed by atoms with Crippen LogP contribution in [0.5, 0.6) is 0 Å². The van der Waals surface area contributed by atoms with Crippen molar-refractivity contribution in [1.29, 1.82) is 0 Å². The Morgan fingerprint density at radius 3 is 2.92 bits per heavy atom. The number of carbonyl (C=O) groups excluding carboxylic acids is 1. The summed E-state index contributed by atoms with van der Waals surface area (Å²) in [5, 5.41) is 6.36. The molecule has 5 nitrogen and oxygen atoms in total. The SMILES string of the molecule is CC1(NC(=O)c2cc(N)on2)CC1. The van der Waals surface area contributed by atoms with Crippen LogP contribution >= 0.6 is 0 Å². The molecule has 5 heteroatoms. The van der Waals surface area contributed by atoms with Gasteiger partial charge in [-0.3, -0.25) is 4.79 Å². The lowest BCUT2D eigenvalue weighted by molar-refractivity contribution is 0.0926. The molecule has 13 heavy (non-hydrogen) atoms. The van der Waals surface area contributed by atoms with E-state index in [-0.39, 0.29) is 23.0 Å². The minimum absolute atomic E-state index is 0.0369. The third-order valence-corrected chi connectivity index (χ3v) is 2.18. The van der Waals surface area contributed by atoms with Crippen LogP contribution in [0.4, 0.5) is 5.88 Å². The maximum absolute atomic E-state index is 11.4. The number of nitrogen functional groups attached to an aromatic ring is 1. The van der Waals surface area contributed by atoms with E-state index in [2.05, 4.69) is 15.0 Å². The molecule has 1 amide bonds. The van der Waals surface area contributed by atoms with Crippen LogP contribution in [0.25, 0.3) is 0 Å². The van der Waals surface area contributed by atoms with Crippen molar-refractivity contribution in [1.82, 2.24) is 10.5 Å². The molecule has 1 aromatic heterocycles. The summed E-state index contributed by atoms with van der Waals surface area (Å²) in [4.78, 5) is 11.4. The molecule has 0 bridgehead atoms. The van der Waals surface area contributed by atoms with Crippen molar-refractivity contribution in [2.75, 3.05) is 5.73 Å². The maximum atomic E-state index is 11.4. The van der Waals surface area contributed by atoms with E-state index < -0.39 is 0 Å². The highest BCUT2D eigenvalue weighted by atomic mass is 16.5. The molecule has 1 aliphatic rings. The van der Waals surface area contributed by atoms with Gasteiger partial charge in [-0.15, -0.1) is 0 Å². The molecule has 1 fully saturated rings. The van der Waals surface area contributed by atoms with Crippen molar-refractivity contribution < 1.29 is 9.32 Å². The van der Waals surface area contributed by atoms with Gasteiger partial charge >= 0.3 is 0 Å². The van der Waals surface area contributed by atoms with E-state index >= 15 is 0 Å². The number of anilines is 1. The molecule has 0 unspecified atom stereocenters. The van der Waals surface area contributed by atoms with E-state index in [0.717, 1.165) is 12.8 Å². The molecule has 0 aromatic carbocycles. The zero-order chi connectivity index (χ0) is 9.47. The lowest BCUT2D eigenvalue weighted by Gasteiger charge is -2.08. The molecule has 1 aliphatic carbocycles. The van der Waals surface area contributed by atoms with E-state index in [1.165, 1.54) is 6.07 Å². The standard InChI is InChI=1S/C8H11N3O2/c1-8(2-3-8)10-7(12)5-4-6(9)13-11-5/h4H,2-3,9H2,1H3,(H,10,12). The average Bonchev–Trinajstić information content (AvgIpc) is 2.62. The number of nitrogens with two attached hydrogens (primary N) is 1. The Kier molecular flexibility index (Phi) is 1.55. The fourth-order valence-electron chi connectivity index (χ4n) is 1.05. The minimum atomic E-state index is -0.222. The number of hydrogen-bond donors (Lipinski definition) is 2. The Balaban J connectivity index is 2.05. The largest absolute Gasteiger partial charge is 0.368 e. The number of carbonyl (C=O) groups is 1. The van der Waals surface area contributed by atoms with E-state index in [9.17, 15) is 4.79 Å². The fraction of sp³-hybridized carbons (Fsp3) is 0.500. The highest BCUT2D eigenvalue weighted by molar-refractivity contribution is 5.93. The van der Waals surface area contributed by atoms with Crippen LogP contribution in [0, 0.1) is 0 Å². The van der Waals surface area contributed by atoms with Crippen LogP contribution in [0.2, 0.25) is 0 Å². The van der Waals surface area contributed by atoms with Crippen LogP contribution in [-0.4, -0.2) is 16.6 Å². The molecule has 0 radical (unpaired) electrons. The van der Waals surface area contributed by atoms with Crippen LogP contribution in [0.15, 0.2) is 10.6 Å². The Hall–Kier alpha value is -1.52. The normalized spacial score (nSPS) is 18.2. The lowest BCUT2D eigenvalue weighted by atomic mass is 10.3. The summed E-state index contributed by atoms with van der Waals surface area (Å²) in [7, 11) is 0. The van der Waals surface area contributed by atoms with Gasteiger partial charge < -0.3 is 15.6 Å². The number of nitrogens with one attached hydrogen (secondary N) is 1. The summed E-state index contributed by atoms with van der Waals surface area (Å²) in [6.07, 6.45) is 2.04. The first-order chi connectivity index (χ1) is 6.09. The first-order valence-corrected chi connectivity index (χ1v) is 4.14. The quantitative estimate of drug-likeness (QED) is 0.697. The summed E-state index contributed by atoms with van der Waals surface area (Å²) in [6.45, 7) is 1.99. The van der Waals surface area contributed by atoms with E-state index in [1.54, 1.807) is 0 Å². The van der Waals surface area contributed by atoms with Gasteiger partial charge in [0.25, 0.3) is 5.91 Å². The number of rotatable bonds is 2. The predicted octanol–water partition coefficient (Wildman–Crippen LogP) is 0.539. The van der Waals surface area contributed by atoms with Crippen molar-refractivity contribution >= 4 is 11.8 Å². The maximum Gasteiger partial charge on any atom is 0.273 e. The molecule has 0 atom stereocenters. The van der Waals surface area contributed by atoms with Crippen molar-refractivity contribution in [3.05, 3.63) is 11.8 Å². The second-order valence-electron chi connectivity index (χ2n) is 3.63. The van der Waals surface area contributed by atoms with Gasteiger partial charge in [0.15, 0.2) is 5.69 Å². The van der Waals surface area contributed by atoms with Gasteiger partial charge in [-0.25, -0.2) is 0 Å². The fourth-order valence-corrected chi connectivity index (χ4v) is 1.05. The van der Waals surface area contributed by atoms with E-state index in [4.69, 9.17) is 5.73 Å². The van der Waals surface area contributed by atoms with Gasteiger partial charge in [0.2, 0.25) is 5.88 Å². The highest BCUT2D eigenvalue weighted by Gasteiger charge is 2.39. The molecule has 1 aromatic rings. The predicted molar refractivity (Wildman–Crippen MR) is 46.0 cm³/mol. The molecule has 1 heterocycles. The highest BCUT2D eigenvalue weighted by Crippen LogP contribution is 2.34. The van der Waals surface area contributed by atoms with Gasteiger partial charge in [0.1, 0.15) is 0 Å². The Labute approximate surface area is 75.3 Å². The van der Waals surface area contributed by atoms with Crippen LogP contribution in [0.3, 0.4) is 0 Å². The Morgan fingerprint density at radius 1 is 1.77 bits per heavy atom. The zero-order valence-corrected chi connectivity index (χ0v) is 7.33. The first-order valence-electron chi connectivity index (χ1n) is 4.14. The molecule has 2 rings (SSSR count). The lowest BCUT2D eigenvalue weighted by Crippen LogP contribution is -2.34. The monoisotopic (exact) mass is 181 g/mol. The number of nitrogens with zero attached hydrogens (tertiary/aromatic N) is 1. The number of amides is 1. The van der Waals surface area contributed by atoms with Gasteiger partial charge in [0, 0.05) is 11.6 Å². The Morgan fingerprint density at radius 2 is 2.46 bits per heavy atom. The summed E-state index contributed by atoms with van der Waals surface area (Å²) in [5.74, 6) is -0.0634. The van der Waals surface area contributed by atoms with E-state index in [0.29, 0.717) is 0 Å². The molecule has 3 N–H and O–H groups in total. The molecule has 0 spiro atoms. The van der Waals surface area contributed by atoms with Gasteiger partial charge in [-0.2, -0.15) is 0 Å². The minimum Gasteiger partial charge on any atom is -0.368 e. The summed E-state index contributed by atoms with van der Waals surface area (Å²) in [5.41, 5.74) is 5.49. The third kappa shape index (κ3) is 1.63. The molecular formula is C8H11N3O2.